The summed E-state index contributed by atoms with van der Waals surface area (Å²) < 4.78 is 5.36. The fraction of sp³-hybridized carbons (Fsp3) is 0.900. The van der Waals surface area contributed by atoms with Crippen LogP contribution in [-0.4, -0.2) is 84.8 Å². The minimum atomic E-state index is -0.740. The van der Waals surface area contributed by atoms with E-state index in [9.17, 15) is 14.7 Å². The molecule has 1 aliphatic carbocycles. The van der Waals surface area contributed by atoms with Crippen molar-refractivity contribution in [1.82, 2.24) is 15.1 Å². The van der Waals surface area contributed by atoms with Crippen LogP contribution in [-0.2, 0) is 14.3 Å². The molecule has 1 atom stereocenters. The molecule has 0 bridgehead atoms. The van der Waals surface area contributed by atoms with Gasteiger partial charge in [0, 0.05) is 45.7 Å². The highest BCUT2D eigenvalue weighted by molar-refractivity contribution is 5.83. The first-order chi connectivity index (χ1) is 13.1. The minimum absolute atomic E-state index is 0.0142. The smallest absolute Gasteiger partial charge is 0.225 e. The average Bonchev–Trinajstić information content (AvgIpc) is 2.69. The van der Waals surface area contributed by atoms with Gasteiger partial charge in [-0.1, -0.05) is 19.3 Å². The van der Waals surface area contributed by atoms with E-state index in [0.29, 0.717) is 32.5 Å². The Morgan fingerprint density at radius 1 is 1.19 bits per heavy atom. The van der Waals surface area contributed by atoms with E-state index in [2.05, 4.69) is 10.2 Å². The molecule has 1 unspecified atom stereocenters. The molecule has 0 aromatic carbocycles. The summed E-state index contributed by atoms with van der Waals surface area (Å²) in [5, 5.41) is 13.5. The van der Waals surface area contributed by atoms with Gasteiger partial charge in [0.05, 0.1) is 24.7 Å². The summed E-state index contributed by atoms with van der Waals surface area (Å²) in [7, 11) is 0. The Bertz CT molecular complexity index is 501. The van der Waals surface area contributed by atoms with Crippen LogP contribution in [0.5, 0.6) is 0 Å². The number of aliphatic hydroxyl groups is 1. The lowest BCUT2D eigenvalue weighted by molar-refractivity contribution is -0.139. The molecular formula is C20H35N3O4. The molecule has 0 radical (unpaired) electrons. The standard InChI is InChI=1S/C20H35N3O4/c24-18-6-5-17(19(25)21-16-20(26)7-2-1-3-8-20)15-23(18)10-4-9-22-11-13-27-14-12-22/h17,26H,1-16H2,(H,21,25). The lowest BCUT2D eigenvalue weighted by Gasteiger charge is -2.35. The van der Waals surface area contributed by atoms with Gasteiger partial charge < -0.3 is 20.1 Å². The molecule has 0 aromatic rings. The third kappa shape index (κ3) is 6.16. The van der Waals surface area contributed by atoms with E-state index in [4.69, 9.17) is 4.74 Å². The second kappa shape index (κ2) is 9.85. The number of likely N-dealkylation sites (tertiary alicyclic amines) is 1. The topological polar surface area (TPSA) is 82.1 Å². The van der Waals surface area contributed by atoms with E-state index >= 15 is 0 Å². The first-order valence-electron chi connectivity index (χ1n) is 10.6. The molecule has 2 aliphatic heterocycles. The Kier molecular flexibility index (Phi) is 7.49. The maximum absolute atomic E-state index is 12.6. The highest BCUT2D eigenvalue weighted by atomic mass is 16.5. The SMILES string of the molecule is O=C(NCC1(O)CCCCC1)C1CCC(=O)N(CCCN2CCOCC2)C1. The molecule has 2 N–H and O–H groups in total. The van der Waals surface area contributed by atoms with Gasteiger partial charge in [-0.25, -0.2) is 0 Å². The molecule has 2 saturated heterocycles. The molecule has 154 valence electrons. The lowest BCUT2D eigenvalue weighted by atomic mass is 9.84. The van der Waals surface area contributed by atoms with Gasteiger partial charge in [-0.05, 0) is 25.7 Å². The van der Waals surface area contributed by atoms with Crippen molar-refractivity contribution in [1.29, 1.82) is 0 Å². The summed E-state index contributed by atoms with van der Waals surface area (Å²) in [5.74, 6) is -0.00936. The van der Waals surface area contributed by atoms with Gasteiger partial charge in [-0.2, -0.15) is 0 Å². The summed E-state index contributed by atoms with van der Waals surface area (Å²) in [5.41, 5.74) is -0.740. The van der Waals surface area contributed by atoms with Crippen molar-refractivity contribution in [2.45, 2.75) is 57.0 Å². The summed E-state index contributed by atoms with van der Waals surface area (Å²) in [6, 6.07) is 0. The average molecular weight is 382 g/mol. The Morgan fingerprint density at radius 2 is 1.93 bits per heavy atom. The maximum atomic E-state index is 12.6. The molecule has 7 nitrogen and oxygen atoms in total. The summed E-state index contributed by atoms with van der Waals surface area (Å²) in [4.78, 5) is 29.0. The van der Waals surface area contributed by atoms with Crippen molar-refractivity contribution in [2.24, 2.45) is 5.92 Å². The van der Waals surface area contributed by atoms with Gasteiger partial charge in [0.15, 0.2) is 0 Å². The van der Waals surface area contributed by atoms with E-state index in [0.717, 1.165) is 65.0 Å². The van der Waals surface area contributed by atoms with Crippen LogP contribution in [0.3, 0.4) is 0 Å². The van der Waals surface area contributed by atoms with Crippen LogP contribution in [0.4, 0.5) is 0 Å². The summed E-state index contributed by atoms with van der Waals surface area (Å²) >= 11 is 0. The van der Waals surface area contributed by atoms with Gasteiger partial charge >= 0.3 is 0 Å². The van der Waals surface area contributed by atoms with Crippen LogP contribution in [0, 0.1) is 5.92 Å². The Balaban J connectivity index is 1.40. The number of nitrogens with zero attached hydrogens (tertiary/aromatic N) is 2. The van der Waals surface area contributed by atoms with Gasteiger partial charge in [-0.15, -0.1) is 0 Å². The van der Waals surface area contributed by atoms with Crippen molar-refractivity contribution >= 4 is 11.8 Å². The molecule has 3 fully saturated rings. The first kappa shape index (κ1) is 20.6. The summed E-state index contributed by atoms with van der Waals surface area (Å²) in [6.07, 6.45) is 6.75. The molecular weight excluding hydrogens is 346 g/mol. The van der Waals surface area contributed by atoms with Gasteiger partial charge in [0.2, 0.25) is 11.8 Å². The molecule has 0 aromatic heterocycles. The Hall–Kier alpha value is -1.18. The molecule has 27 heavy (non-hydrogen) atoms. The zero-order chi connectivity index (χ0) is 19.1. The van der Waals surface area contributed by atoms with E-state index in [-0.39, 0.29) is 17.7 Å². The molecule has 2 amide bonds. The van der Waals surface area contributed by atoms with Crippen LogP contribution in [0.25, 0.3) is 0 Å². The van der Waals surface area contributed by atoms with Crippen molar-refractivity contribution < 1.29 is 19.4 Å². The number of morpholine rings is 1. The van der Waals surface area contributed by atoms with Crippen LogP contribution in [0.15, 0.2) is 0 Å². The molecule has 7 heteroatoms. The van der Waals surface area contributed by atoms with Crippen LogP contribution in [0.2, 0.25) is 0 Å². The molecule has 3 aliphatic rings. The van der Waals surface area contributed by atoms with Crippen molar-refractivity contribution in [3.8, 4) is 0 Å². The Labute approximate surface area is 162 Å². The predicted molar refractivity (Wildman–Crippen MR) is 102 cm³/mol. The van der Waals surface area contributed by atoms with E-state index < -0.39 is 5.60 Å². The van der Waals surface area contributed by atoms with Crippen LogP contribution in [0.1, 0.15) is 51.4 Å². The fourth-order valence-corrected chi connectivity index (χ4v) is 4.44. The zero-order valence-corrected chi connectivity index (χ0v) is 16.5. The lowest BCUT2D eigenvalue weighted by Crippen LogP contribution is -2.50. The third-order valence-corrected chi connectivity index (χ3v) is 6.25. The molecule has 3 rings (SSSR count). The number of rotatable bonds is 7. The van der Waals surface area contributed by atoms with E-state index in [1.807, 2.05) is 4.90 Å². The summed E-state index contributed by atoms with van der Waals surface area (Å²) in [6.45, 7) is 6.03. The monoisotopic (exact) mass is 381 g/mol. The van der Waals surface area contributed by atoms with Crippen molar-refractivity contribution in [3.05, 3.63) is 0 Å². The quantitative estimate of drug-likeness (QED) is 0.680. The normalized spacial score (nSPS) is 26.8. The second-order valence-electron chi connectivity index (χ2n) is 8.39. The number of piperidine rings is 1. The first-order valence-corrected chi connectivity index (χ1v) is 10.6. The maximum Gasteiger partial charge on any atom is 0.225 e. The van der Waals surface area contributed by atoms with E-state index in [1.165, 1.54) is 6.42 Å². The van der Waals surface area contributed by atoms with Gasteiger partial charge in [0.1, 0.15) is 0 Å². The number of nitrogens with one attached hydrogen (secondary N) is 1. The molecule has 1 saturated carbocycles. The van der Waals surface area contributed by atoms with Crippen molar-refractivity contribution in [3.63, 3.8) is 0 Å². The largest absolute Gasteiger partial charge is 0.388 e. The predicted octanol–water partition coefficient (Wildman–Crippen LogP) is 0.759. The molecule has 2 heterocycles. The van der Waals surface area contributed by atoms with Crippen molar-refractivity contribution in [2.75, 3.05) is 52.5 Å². The van der Waals surface area contributed by atoms with Gasteiger partial charge in [0.25, 0.3) is 0 Å². The highest BCUT2D eigenvalue weighted by Gasteiger charge is 2.33. The minimum Gasteiger partial charge on any atom is -0.388 e. The highest BCUT2D eigenvalue weighted by Crippen LogP contribution is 2.27. The van der Waals surface area contributed by atoms with E-state index in [1.54, 1.807) is 0 Å². The van der Waals surface area contributed by atoms with Crippen LogP contribution < -0.4 is 5.32 Å². The van der Waals surface area contributed by atoms with Crippen LogP contribution >= 0.6 is 0 Å². The number of carbonyl (C=O) groups excluding carboxylic acids is 2. The molecule has 0 spiro atoms. The third-order valence-electron chi connectivity index (χ3n) is 6.25. The number of carbonyl (C=O) groups is 2. The number of amides is 2. The number of ether oxygens (including phenoxy) is 1. The number of hydrogen-bond donors (Lipinski definition) is 2. The Morgan fingerprint density at radius 3 is 2.67 bits per heavy atom. The fourth-order valence-electron chi connectivity index (χ4n) is 4.44. The van der Waals surface area contributed by atoms with Gasteiger partial charge in [-0.3, -0.25) is 14.5 Å². The zero-order valence-electron chi connectivity index (χ0n) is 16.5. The number of hydrogen-bond acceptors (Lipinski definition) is 5. The second-order valence-corrected chi connectivity index (χ2v) is 8.39.